The maximum atomic E-state index is 13.0. The van der Waals surface area contributed by atoms with Gasteiger partial charge in [-0.05, 0) is 37.5 Å². The van der Waals surface area contributed by atoms with Crippen molar-refractivity contribution in [1.29, 1.82) is 0 Å². The normalized spacial score (nSPS) is 14.1. The fourth-order valence-corrected chi connectivity index (χ4v) is 12.5. The Hall–Kier alpha value is -1.94. The molecule has 91 heavy (non-hydrogen) atoms. The molecule has 0 radical (unpaired) electrons. The highest BCUT2D eigenvalue weighted by atomic mass is 31.2. The summed E-state index contributed by atoms with van der Waals surface area (Å²) in [4.78, 5) is 72.6. The molecule has 0 aliphatic rings. The topological polar surface area (TPSA) is 237 Å². The lowest BCUT2D eigenvalue weighted by Crippen LogP contribution is -2.30. The first-order chi connectivity index (χ1) is 43.9. The lowest BCUT2D eigenvalue weighted by atomic mass is 10.0. The summed E-state index contributed by atoms with van der Waals surface area (Å²) < 4.78 is 68.3. The van der Waals surface area contributed by atoms with Gasteiger partial charge >= 0.3 is 39.5 Å². The number of ether oxygens (including phenoxy) is 4. The van der Waals surface area contributed by atoms with E-state index in [1.807, 2.05) is 0 Å². The molecule has 0 saturated carbocycles. The number of phosphoric ester groups is 2. The molecule has 0 bridgehead atoms. The van der Waals surface area contributed by atoms with Gasteiger partial charge in [-0.3, -0.25) is 37.3 Å². The third-order valence-electron chi connectivity index (χ3n) is 16.7. The van der Waals surface area contributed by atoms with E-state index in [4.69, 9.17) is 37.0 Å². The van der Waals surface area contributed by atoms with E-state index in [-0.39, 0.29) is 25.7 Å². The van der Waals surface area contributed by atoms with Crippen LogP contribution in [0.25, 0.3) is 0 Å². The molecule has 17 nitrogen and oxygen atoms in total. The molecule has 0 aromatic heterocycles. The zero-order valence-corrected chi connectivity index (χ0v) is 60.9. The van der Waals surface area contributed by atoms with Gasteiger partial charge in [0, 0.05) is 25.7 Å². The zero-order chi connectivity index (χ0) is 67.2. The number of rotatable bonds is 71. The highest BCUT2D eigenvalue weighted by Gasteiger charge is 2.30. The van der Waals surface area contributed by atoms with E-state index >= 15 is 0 Å². The van der Waals surface area contributed by atoms with Crippen molar-refractivity contribution < 1.29 is 80.2 Å². The van der Waals surface area contributed by atoms with Gasteiger partial charge in [0.1, 0.15) is 19.3 Å². The van der Waals surface area contributed by atoms with E-state index in [9.17, 15) is 43.2 Å². The van der Waals surface area contributed by atoms with Gasteiger partial charge < -0.3 is 33.8 Å². The minimum atomic E-state index is -4.95. The summed E-state index contributed by atoms with van der Waals surface area (Å²) in [5.74, 6) is -0.722. The molecule has 0 aliphatic heterocycles. The van der Waals surface area contributed by atoms with Crippen LogP contribution in [-0.2, 0) is 65.4 Å². The van der Waals surface area contributed by atoms with Crippen LogP contribution in [0.4, 0.5) is 0 Å². The Bertz CT molecular complexity index is 1770. The second-order valence-corrected chi connectivity index (χ2v) is 29.8. The number of carbonyl (C=O) groups excluding carboxylic acids is 4. The maximum Gasteiger partial charge on any atom is 0.472 e. The lowest BCUT2D eigenvalue weighted by Gasteiger charge is -2.21. The summed E-state index contributed by atoms with van der Waals surface area (Å²) in [7, 11) is -9.90. The van der Waals surface area contributed by atoms with E-state index < -0.39 is 97.5 Å². The molecular formula is C72H140O17P2. The third kappa shape index (κ3) is 66.5. The molecule has 0 spiro atoms. The number of hydrogen-bond acceptors (Lipinski definition) is 15. The van der Waals surface area contributed by atoms with Gasteiger partial charge in [-0.2, -0.15) is 0 Å². The SMILES string of the molecule is CCCCCCCCCCCCCCCCCCC(=O)O[C@H](COC(=O)CCCCCCCCCCCCCCCCC)COP(=O)(O)OC[C@@H](O)COP(=O)(O)OC[C@@H](COC(=O)CCCCCCCCCC(C)C)OC(=O)CCCCCCCCCC(C)C. The molecule has 0 saturated heterocycles. The van der Waals surface area contributed by atoms with Crippen molar-refractivity contribution in [3.05, 3.63) is 0 Å². The second-order valence-electron chi connectivity index (χ2n) is 26.9. The highest BCUT2D eigenvalue weighted by Crippen LogP contribution is 2.45. The minimum Gasteiger partial charge on any atom is -0.462 e. The van der Waals surface area contributed by atoms with Gasteiger partial charge in [-0.15, -0.1) is 0 Å². The first-order valence-electron chi connectivity index (χ1n) is 37.5. The van der Waals surface area contributed by atoms with Crippen LogP contribution in [0.3, 0.4) is 0 Å². The highest BCUT2D eigenvalue weighted by molar-refractivity contribution is 7.47. The third-order valence-corrected chi connectivity index (χ3v) is 18.6. The molecule has 0 aromatic rings. The molecule has 0 aromatic carbocycles. The first-order valence-corrected chi connectivity index (χ1v) is 40.5. The largest absolute Gasteiger partial charge is 0.472 e. The number of phosphoric acid groups is 2. The number of unbranched alkanes of at least 4 members (excludes halogenated alkanes) is 41. The number of esters is 4. The predicted molar refractivity (Wildman–Crippen MR) is 368 cm³/mol. The lowest BCUT2D eigenvalue weighted by molar-refractivity contribution is -0.161. The summed E-state index contributed by atoms with van der Waals surface area (Å²) in [6.07, 6.45) is 50.1. The van der Waals surface area contributed by atoms with Crippen LogP contribution in [0.15, 0.2) is 0 Å². The summed E-state index contributed by atoms with van der Waals surface area (Å²) in [5, 5.41) is 10.6. The smallest absolute Gasteiger partial charge is 0.462 e. The van der Waals surface area contributed by atoms with Gasteiger partial charge in [-0.25, -0.2) is 9.13 Å². The van der Waals surface area contributed by atoms with E-state index in [1.54, 1.807) is 0 Å². The molecule has 5 atom stereocenters. The minimum absolute atomic E-state index is 0.103. The summed E-state index contributed by atoms with van der Waals surface area (Å²) >= 11 is 0. The first kappa shape index (κ1) is 89.1. The van der Waals surface area contributed by atoms with Crippen LogP contribution in [0.2, 0.25) is 0 Å². The molecule has 0 amide bonds. The maximum absolute atomic E-state index is 13.0. The fourth-order valence-electron chi connectivity index (χ4n) is 10.9. The van der Waals surface area contributed by atoms with Crippen LogP contribution < -0.4 is 0 Å². The molecule has 0 heterocycles. The predicted octanol–water partition coefficient (Wildman–Crippen LogP) is 20.8. The number of aliphatic hydroxyl groups excluding tert-OH is 1. The average Bonchev–Trinajstić information content (AvgIpc) is 3.45. The monoisotopic (exact) mass is 1340 g/mol. The Balaban J connectivity index is 5.23. The van der Waals surface area contributed by atoms with Crippen molar-refractivity contribution in [2.45, 2.75) is 387 Å². The molecule has 0 fully saturated rings. The van der Waals surface area contributed by atoms with Crippen molar-refractivity contribution >= 4 is 39.5 Å². The zero-order valence-electron chi connectivity index (χ0n) is 59.1. The van der Waals surface area contributed by atoms with Crippen LogP contribution in [-0.4, -0.2) is 96.7 Å². The van der Waals surface area contributed by atoms with E-state index in [1.165, 1.54) is 180 Å². The van der Waals surface area contributed by atoms with Crippen LogP contribution in [0, 0.1) is 11.8 Å². The second kappa shape index (κ2) is 64.1. The van der Waals surface area contributed by atoms with Crippen molar-refractivity contribution in [3.8, 4) is 0 Å². The summed E-state index contributed by atoms with van der Waals surface area (Å²) in [5.41, 5.74) is 0. The van der Waals surface area contributed by atoms with Crippen molar-refractivity contribution in [3.63, 3.8) is 0 Å². The van der Waals surface area contributed by atoms with Crippen molar-refractivity contribution in [1.82, 2.24) is 0 Å². The molecule has 540 valence electrons. The average molecular weight is 1340 g/mol. The fraction of sp³-hybridized carbons (Fsp3) is 0.944. The van der Waals surface area contributed by atoms with Gasteiger partial charge in [0.15, 0.2) is 12.2 Å². The number of aliphatic hydroxyl groups is 1. The van der Waals surface area contributed by atoms with Crippen molar-refractivity contribution in [2.24, 2.45) is 11.8 Å². The van der Waals surface area contributed by atoms with Crippen LogP contribution in [0.5, 0.6) is 0 Å². The molecular weight excluding hydrogens is 1200 g/mol. The van der Waals surface area contributed by atoms with Gasteiger partial charge in [0.05, 0.1) is 26.4 Å². The molecule has 0 aliphatic carbocycles. The Morgan fingerprint density at radius 3 is 0.747 bits per heavy atom. The van der Waals surface area contributed by atoms with E-state index in [2.05, 4.69) is 41.5 Å². The number of hydrogen-bond donors (Lipinski definition) is 3. The molecule has 19 heteroatoms. The Kier molecular flexibility index (Phi) is 62.7. The summed E-state index contributed by atoms with van der Waals surface area (Å²) in [6.45, 7) is 9.45. The Labute approximate surface area is 556 Å². The van der Waals surface area contributed by atoms with E-state index in [0.29, 0.717) is 37.5 Å². The summed E-state index contributed by atoms with van der Waals surface area (Å²) in [6, 6.07) is 0. The number of carbonyl (C=O) groups is 4. The van der Waals surface area contributed by atoms with Crippen LogP contribution >= 0.6 is 15.6 Å². The van der Waals surface area contributed by atoms with Gasteiger partial charge in [0.25, 0.3) is 0 Å². The molecule has 3 N–H and O–H groups in total. The molecule has 0 rings (SSSR count). The molecule has 2 unspecified atom stereocenters. The quantitative estimate of drug-likeness (QED) is 0.0222. The van der Waals surface area contributed by atoms with E-state index in [0.717, 1.165) is 96.3 Å². The Morgan fingerprint density at radius 2 is 0.505 bits per heavy atom. The van der Waals surface area contributed by atoms with Gasteiger partial charge in [-0.1, -0.05) is 318 Å². The van der Waals surface area contributed by atoms with Crippen LogP contribution in [0.1, 0.15) is 369 Å². The standard InChI is InChI=1S/C72H140O17P2/c1-7-9-11-13-15-17-19-21-23-25-27-29-31-37-44-50-56-71(76)88-67(60-82-69(74)54-48-42-36-30-28-26-24-22-20-18-16-14-12-10-8-2)62-86-90(78,79)84-58-66(73)59-85-91(80,81)87-63-68(89-72(77)57-51-45-39-33-35-41-47-53-65(5)6)61-83-70(75)55-49-43-38-32-34-40-46-52-64(3)4/h64-68,73H,7-63H2,1-6H3,(H,78,79)(H,80,81)/t66-,67-,68-/m1/s1. The van der Waals surface area contributed by atoms with Gasteiger partial charge in [0.2, 0.25) is 0 Å². The Morgan fingerprint density at radius 1 is 0.297 bits per heavy atom. The van der Waals surface area contributed by atoms with Crippen molar-refractivity contribution in [2.75, 3.05) is 39.6 Å².